The van der Waals surface area contributed by atoms with E-state index in [2.05, 4.69) is 16.8 Å². The highest BCUT2D eigenvalue weighted by molar-refractivity contribution is 5.85. The zero-order chi connectivity index (χ0) is 10.9. The van der Waals surface area contributed by atoms with Gasteiger partial charge in [0.1, 0.15) is 11.9 Å². The van der Waals surface area contributed by atoms with Crippen LogP contribution in [0.15, 0.2) is 4.99 Å². The molecule has 0 fully saturated rings. The zero-order valence-corrected chi connectivity index (χ0v) is 10.1. The summed E-state index contributed by atoms with van der Waals surface area (Å²) in [6, 6.07) is 0. The molecule has 80 valence electrons. The van der Waals surface area contributed by atoms with E-state index in [1.807, 2.05) is 27.8 Å². The van der Waals surface area contributed by atoms with E-state index in [-0.39, 0.29) is 6.10 Å². The predicted octanol–water partition coefficient (Wildman–Crippen LogP) is 2.03. The van der Waals surface area contributed by atoms with Crippen LogP contribution in [0, 0.1) is 0 Å². The van der Waals surface area contributed by atoms with E-state index >= 15 is 0 Å². The minimum atomic E-state index is 0.0879. The molecule has 3 nitrogen and oxygen atoms in total. The Hall–Kier alpha value is -0.570. The first-order valence-electron chi connectivity index (χ1n) is 4.87. The standard InChI is InChI=1S/C8H18N2O.C2H6/c1-6-10(4)8(9-3)7(2)11-5;1-2/h7H,6H2,1-5H3;1-2H3. The fraction of sp³-hybridized carbons (Fsp3) is 0.900. The number of rotatable bonds is 3. The van der Waals surface area contributed by atoms with E-state index < -0.39 is 0 Å². The van der Waals surface area contributed by atoms with Crippen LogP contribution in [-0.2, 0) is 4.74 Å². The largest absolute Gasteiger partial charge is 0.374 e. The fourth-order valence-corrected chi connectivity index (χ4v) is 0.930. The number of hydrogen-bond donors (Lipinski definition) is 0. The van der Waals surface area contributed by atoms with Crippen molar-refractivity contribution in [3.05, 3.63) is 0 Å². The first-order chi connectivity index (χ1) is 6.17. The molecule has 0 N–H and O–H groups in total. The van der Waals surface area contributed by atoms with Crippen LogP contribution in [0.4, 0.5) is 0 Å². The van der Waals surface area contributed by atoms with Crippen LogP contribution < -0.4 is 0 Å². The Kier molecular flexibility index (Phi) is 10.9. The average Bonchev–Trinajstić information content (AvgIpc) is 2.21. The lowest BCUT2D eigenvalue weighted by atomic mass is 10.3. The molecule has 0 amide bonds. The summed E-state index contributed by atoms with van der Waals surface area (Å²) in [4.78, 5) is 6.22. The molecule has 0 aliphatic carbocycles. The molecule has 0 aliphatic heterocycles. The maximum absolute atomic E-state index is 5.15. The molecule has 0 heterocycles. The normalized spacial score (nSPS) is 13.0. The molecule has 3 heteroatoms. The number of hydrogen-bond acceptors (Lipinski definition) is 2. The molecular formula is C10H24N2O. The summed E-state index contributed by atoms with van der Waals surface area (Å²) in [7, 11) is 5.49. The van der Waals surface area contributed by atoms with Gasteiger partial charge in [-0.2, -0.15) is 0 Å². The molecule has 1 unspecified atom stereocenters. The van der Waals surface area contributed by atoms with E-state index in [9.17, 15) is 0 Å². The fourth-order valence-electron chi connectivity index (χ4n) is 0.930. The molecule has 0 bridgehead atoms. The second-order valence-electron chi connectivity index (χ2n) is 2.47. The maximum Gasteiger partial charge on any atom is 0.128 e. The van der Waals surface area contributed by atoms with Crippen molar-refractivity contribution in [3.63, 3.8) is 0 Å². The molecule has 0 aliphatic rings. The van der Waals surface area contributed by atoms with Crippen molar-refractivity contribution in [2.75, 3.05) is 27.7 Å². The van der Waals surface area contributed by atoms with Gasteiger partial charge in [0.15, 0.2) is 0 Å². The monoisotopic (exact) mass is 188 g/mol. The highest BCUT2D eigenvalue weighted by Crippen LogP contribution is 1.97. The molecule has 0 aromatic carbocycles. The predicted molar refractivity (Wildman–Crippen MR) is 59.5 cm³/mol. The van der Waals surface area contributed by atoms with Crippen LogP contribution in [0.25, 0.3) is 0 Å². The van der Waals surface area contributed by atoms with Gasteiger partial charge in [0.25, 0.3) is 0 Å². The number of nitrogens with zero attached hydrogens (tertiary/aromatic N) is 2. The maximum atomic E-state index is 5.15. The van der Waals surface area contributed by atoms with E-state index in [0.29, 0.717) is 0 Å². The zero-order valence-electron chi connectivity index (χ0n) is 10.1. The minimum absolute atomic E-state index is 0.0879. The molecule has 0 aromatic rings. The third kappa shape index (κ3) is 5.64. The second-order valence-corrected chi connectivity index (χ2v) is 2.47. The number of likely N-dealkylation sites (N-methyl/N-ethyl adjacent to an activating group) is 1. The van der Waals surface area contributed by atoms with E-state index in [1.54, 1.807) is 14.2 Å². The van der Waals surface area contributed by atoms with Crippen LogP contribution >= 0.6 is 0 Å². The molecular weight excluding hydrogens is 164 g/mol. The van der Waals surface area contributed by atoms with Crippen LogP contribution in [0.2, 0.25) is 0 Å². The number of aliphatic imine (C=N–C) groups is 1. The van der Waals surface area contributed by atoms with Gasteiger partial charge in [-0.1, -0.05) is 13.8 Å². The van der Waals surface area contributed by atoms with Gasteiger partial charge in [0.05, 0.1) is 0 Å². The van der Waals surface area contributed by atoms with Crippen LogP contribution in [0.1, 0.15) is 27.7 Å². The summed E-state index contributed by atoms with van der Waals surface area (Å²) in [6.45, 7) is 9.04. The Morgan fingerprint density at radius 3 is 2.15 bits per heavy atom. The van der Waals surface area contributed by atoms with Gasteiger partial charge in [0.2, 0.25) is 0 Å². The van der Waals surface area contributed by atoms with Crippen molar-refractivity contribution in [1.82, 2.24) is 4.90 Å². The second kappa shape index (κ2) is 9.52. The van der Waals surface area contributed by atoms with E-state index in [1.165, 1.54) is 0 Å². The van der Waals surface area contributed by atoms with E-state index in [0.717, 1.165) is 12.4 Å². The molecule has 13 heavy (non-hydrogen) atoms. The molecule has 1 atom stereocenters. The van der Waals surface area contributed by atoms with Crippen molar-refractivity contribution in [1.29, 1.82) is 0 Å². The molecule has 0 radical (unpaired) electrons. The van der Waals surface area contributed by atoms with Gasteiger partial charge in [-0.05, 0) is 13.8 Å². The lowest BCUT2D eigenvalue weighted by Gasteiger charge is -2.22. The summed E-state index contributed by atoms with van der Waals surface area (Å²) in [5, 5.41) is 0. The van der Waals surface area contributed by atoms with Crippen LogP contribution in [-0.4, -0.2) is 44.6 Å². The Bertz CT molecular complexity index is 123. The summed E-state index contributed by atoms with van der Waals surface area (Å²) in [5.41, 5.74) is 0. The van der Waals surface area contributed by atoms with Gasteiger partial charge >= 0.3 is 0 Å². The van der Waals surface area contributed by atoms with Gasteiger partial charge in [-0.15, -0.1) is 0 Å². The van der Waals surface area contributed by atoms with Crippen molar-refractivity contribution >= 4 is 5.84 Å². The number of methoxy groups -OCH3 is 1. The summed E-state index contributed by atoms with van der Waals surface area (Å²) >= 11 is 0. The van der Waals surface area contributed by atoms with Gasteiger partial charge in [-0.25, -0.2) is 0 Å². The number of ether oxygens (including phenoxy) is 1. The summed E-state index contributed by atoms with van der Waals surface area (Å²) < 4.78 is 5.15. The first kappa shape index (κ1) is 14.9. The summed E-state index contributed by atoms with van der Waals surface area (Å²) in [5.74, 6) is 0.995. The molecule has 0 rings (SSSR count). The van der Waals surface area contributed by atoms with Crippen LogP contribution in [0.3, 0.4) is 0 Å². The van der Waals surface area contributed by atoms with Crippen molar-refractivity contribution in [2.45, 2.75) is 33.8 Å². The van der Waals surface area contributed by atoms with Gasteiger partial charge < -0.3 is 9.64 Å². The quantitative estimate of drug-likeness (QED) is 0.500. The SMILES string of the molecule is CC.CCN(C)C(=NC)C(C)OC. The Morgan fingerprint density at radius 2 is 1.92 bits per heavy atom. The van der Waals surface area contributed by atoms with Crippen molar-refractivity contribution in [3.8, 4) is 0 Å². The molecule has 0 spiro atoms. The Balaban J connectivity index is 0. The Morgan fingerprint density at radius 1 is 1.46 bits per heavy atom. The van der Waals surface area contributed by atoms with Gasteiger partial charge in [-0.3, -0.25) is 4.99 Å². The lowest BCUT2D eigenvalue weighted by Crippen LogP contribution is -2.35. The van der Waals surface area contributed by atoms with Gasteiger partial charge in [0, 0.05) is 27.7 Å². The summed E-state index contributed by atoms with van der Waals surface area (Å²) in [6.07, 6.45) is 0.0879. The third-order valence-electron chi connectivity index (χ3n) is 1.81. The smallest absolute Gasteiger partial charge is 0.128 e. The molecule has 0 aromatic heterocycles. The lowest BCUT2D eigenvalue weighted by molar-refractivity contribution is 0.160. The third-order valence-corrected chi connectivity index (χ3v) is 1.81. The minimum Gasteiger partial charge on any atom is -0.374 e. The molecule has 0 saturated carbocycles. The highest BCUT2D eigenvalue weighted by atomic mass is 16.5. The van der Waals surface area contributed by atoms with Crippen LogP contribution in [0.5, 0.6) is 0 Å². The first-order valence-corrected chi connectivity index (χ1v) is 4.87. The number of amidine groups is 1. The highest BCUT2D eigenvalue weighted by Gasteiger charge is 2.11. The van der Waals surface area contributed by atoms with Crippen molar-refractivity contribution in [2.24, 2.45) is 4.99 Å². The van der Waals surface area contributed by atoms with E-state index in [4.69, 9.17) is 4.74 Å². The average molecular weight is 188 g/mol. The Labute approximate surface area is 82.8 Å². The van der Waals surface area contributed by atoms with Crippen molar-refractivity contribution < 1.29 is 4.74 Å². The topological polar surface area (TPSA) is 24.8 Å². The molecule has 0 saturated heterocycles.